The van der Waals surface area contributed by atoms with Crippen LogP contribution in [0.1, 0.15) is 22.8 Å². The van der Waals surface area contributed by atoms with Crippen LogP contribution in [0.4, 0.5) is 0 Å². The monoisotopic (exact) mass is 481 g/mol. The van der Waals surface area contributed by atoms with Crippen LogP contribution in [0.25, 0.3) is 6.08 Å². The molecule has 1 heterocycles. The summed E-state index contributed by atoms with van der Waals surface area (Å²) >= 11 is 9.86. The Morgan fingerprint density at radius 1 is 0.966 bits per heavy atom. The van der Waals surface area contributed by atoms with Crippen molar-refractivity contribution in [1.82, 2.24) is 5.32 Å². The summed E-state index contributed by atoms with van der Waals surface area (Å²) in [7, 11) is 0. The molecule has 3 aromatic rings. The van der Waals surface area contributed by atoms with Gasteiger partial charge in [-0.1, -0.05) is 101 Å². The highest BCUT2D eigenvalue weighted by Crippen LogP contribution is 2.35. The molecule has 3 aromatic carbocycles. The second kappa shape index (κ2) is 8.95. The number of rotatable bonds is 5. The van der Waals surface area contributed by atoms with E-state index in [-0.39, 0.29) is 12.0 Å². The first-order valence-corrected chi connectivity index (χ1v) is 10.9. The lowest BCUT2D eigenvalue weighted by Crippen LogP contribution is -2.17. The van der Waals surface area contributed by atoms with Gasteiger partial charge >= 0.3 is 0 Å². The molecule has 0 unspecified atom stereocenters. The molecule has 1 saturated heterocycles. The first kappa shape index (κ1) is 19.9. The van der Waals surface area contributed by atoms with Crippen LogP contribution >= 0.6 is 39.9 Å². The maximum Gasteiger partial charge on any atom is 0.263 e. The highest BCUT2D eigenvalue weighted by Gasteiger charge is 2.23. The molecule has 4 rings (SSSR count). The third-order valence-electron chi connectivity index (χ3n) is 4.35. The second-order valence-electron chi connectivity index (χ2n) is 6.35. The lowest BCUT2D eigenvalue weighted by atomic mass is 10.0. The van der Waals surface area contributed by atoms with E-state index < -0.39 is 0 Å². The van der Waals surface area contributed by atoms with Crippen LogP contribution < -0.4 is 10.1 Å². The Labute approximate surface area is 187 Å². The molecular weight excluding hydrogens is 466 g/mol. The number of thiocarbonyl (C=S) groups is 1. The Hall–Kier alpha value is -2.41. The third-order valence-corrected chi connectivity index (χ3v) is 6.01. The number of thioether (sulfide) groups is 1. The van der Waals surface area contributed by atoms with Gasteiger partial charge in [0.25, 0.3) is 5.91 Å². The molecule has 1 aliphatic heterocycles. The maximum atomic E-state index is 12.1. The Kier molecular flexibility index (Phi) is 6.13. The van der Waals surface area contributed by atoms with Crippen molar-refractivity contribution >= 4 is 56.2 Å². The molecule has 1 aliphatic rings. The van der Waals surface area contributed by atoms with Gasteiger partial charge in [0.15, 0.2) is 0 Å². The fourth-order valence-corrected chi connectivity index (χ4v) is 4.43. The van der Waals surface area contributed by atoms with Crippen molar-refractivity contribution in [2.24, 2.45) is 0 Å². The summed E-state index contributed by atoms with van der Waals surface area (Å²) in [6.45, 7) is 0. The van der Waals surface area contributed by atoms with E-state index in [2.05, 4.69) is 21.2 Å². The molecule has 0 atom stereocenters. The second-order valence-corrected chi connectivity index (χ2v) is 8.99. The predicted octanol–water partition coefficient (Wildman–Crippen LogP) is 6.11. The van der Waals surface area contributed by atoms with Crippen LogP contribution in [0, 0.1) is 0 Å². The van der Waals surface area contributed by atoms with Gasteiger partial charge in [-0.3, -0.25) is 4.79 Å². The summed E-state index contributed by atoms with van der Waals surface area (Å²) < 4.78 is 7.87. The van der Waals surface area contributed by atoms with Gasteiger partial charge in [0.05, 0.1) is 4.91 Å². The first-order chi connectivity index (χ1) is 14.1. The number of hydrogen-bond acceptors (Lipinski definition) is 4. The summed E-state index contributed by atoms with van der Waals surface area (Å²) in [5, 5.41) is 2.65. The van der Waals surface area contributed by atoms with Gasteiger partial charge in [-0.2, -0.15) is 0 Å². The van der Waals surface area contributed by atoms with Crippen molar-refractivity contribution in [1.29, 1.82) is 0 Å². The molecule has 0 aromatic heterocycles. The van der Waals surface area contributed by atoms with E-state index in [1.165, 1.54) is 11.8 Å². The minimum atomic E-state index is -0.276. The zero-order valence-electron chi connectivity index (χ0n) is 15.2. The molecule has 1 amide bonds. The van der Waals surface area contributed by atoms with Gasteiger partial charge < -0.3 is 10.1 Å². The lowest BCUT2D eigenvalue weighted by Gasteiger charge is -2.21. The van der Waals surface area contributed by atoms with E-state index in [1.807, 2.05) is 84.9 Å². The largest absolute Gasteiger partial charge is 0.480 e. The molecule has 0 spiro atoms. The van der Waals surface area contributed by atoms with E-state index in [0.717, 1.165) is 21.2 Å². The third kappa shape index (κ3) is 4.78. The van der Waals surface area contributed by atoms with Crippen LogP contribution in [0.5, 0.6) is 5.75 Å². The van der Waals surface area contributed by atoms with E-state index in [9.17, 15) is 4.79 Å². The predicted molar refractivity (Wildman–Crippen MR) is 126 cm³/mol. The molecule has 1 N–H and O–H groups in total. The quantitative estimate of drug-likeness (QED) is 0.352. The summed E-state index contributed by atoms with van der Waals surface area (Å²) in [6, 6.07) is 25.9. The lowest BCUT2D eigenvalue weighted by molar-refractivity contribution is -0.115. The molecule has 6 heteroatoms. The molecule has 0 bridgehead atoms. The summed E-state index contributed by atoms with van der Waals surface area (Å²) in [4.78, 5) is 12.7. The van der Waals surface area contributed by atoms with Gasteiger partial charge in [0.2, 0.25) is 0 Å². The number of benzene rings is 3. The summed E-state index contributed by atoms with van der Waals surface area (Å²) in [5.41, 5.74) is 2.90. The Morgan fingerprint density at radius 2 is 1.59 bits per heavy atom. The van der Waals surface area contributed by atoms with Gasteiger partial charge in [0.1, 0.15) is 16.2 Å². The van der Waals surface area contributed by atoms with Crippen molar-refractivity contribution in [3.8, 4) is 5.75 Å². The Balaban J connectivity index is 1.75. The fraction of sp³-hybridized carbons (Fsp3) is 0.0435. The van der Waals surface area contributed by atoms with Crippen molar-refractivity contribution in [3.05, 3.63) is 105 Å². The normalized spacial score (nSPS) is 15.0. The Morgan fingerprint density at radius 3 is 2.14 bits per heavy atom. The van der Waals surface area contributed by atoms with Crippen molar-refractivity contribution in [2.45, 2.75) is 6.10 Å². The molecule has 144 valence electrons. The average molecular weight is 482 g/mol. The van der Waals surface area contributed by atoms with Crippen molar-refractivity contribution in [2.75, 3.05) is 0 Å². The highest BCUT2D eigenvalue weighted by molar-refractivity contribution is 9.10. The van der Waals surface area contributed by atoms with Crippen molar-refractivity contribution < 1.29 is 9.53 Å². The van der Waals surface area contributed by atoms with Crippen LogP contribution in [0.2, 0.25) is 0 Å². The first-order valence-electron chi connectivity index (χ1n) is 8.91. The highest BCUT2D eigenvalue weighted by atomic mass is 79.9. The maximum absolute atomic E-state index is 12.1. The van der Waals surface area contributed by atoms with Crippen LogP contribution in [-0.2, 0) is 4.79 Å². The molecule has 0 radical (unpaired) electrons. The van der Waals surface area contributed by atoms with E-state index in [0.29, 0.717) is 15.0 Å². The molecule has 1 fully saturated rings. The molecule has 0 saturated carbocycles. The topological polar surface area (TPSA) is 38.3 Å². The standard InChI is InChI=1S/C23H16BrNO2S2/c24-18-11-12-19(17(13-18)14-20-22(26)25-23(28)29-20)27-21(15-7-3-1-4-8-15)16-9-5-2-6-10-16/h1-14,21H,(H,25,26,28)/b20-14-. The molecule has 0 aliphatic carbocycles. The molecular formula is C23H16BrNO2S2. The van der Waals surface area contributed by atoms with Crippen molar-refractivity contribution in [3.63, 3.8) is 0 Å². The van der Waals surface area contributed by atoms with Gasteiger partial charge in [-0.15, -0.1) is 0 Å². The minimum absolute atomic E-state index is 0.186. The van der Waals surface area contributed by atoms with Gasteiger partial charge in [-0.25, -0.2) is 0 Å². The zero-order chi connectivity index (χ0) is 20.2. The average Bonchev–Trinajstić information content (AvgIpc) is 3.05. The Bertz CT molecular complexity index is 1050. The summed E-state index contributed by atoms with van der Waals surface area (Å²) in [5.74, 6) is 0.498. The van der Waals surface area contributed by atoms with Gasteiger partial charge in [0, 0.05) is 10.0 Å². The number of nitrogens with one attached hydrogen (secondary N) is 1. The fourth-order valence-electron chi connectivity index (χ4n) is 3.01. The summed E-state index contributed by atoms with van der Waals surface area (Å²) in [6.07, 6.45) is 1.54. The number of amides is 1. The SMILES string of the molecule is O=C1NC(=S)S/C1=C\c1cc(Br)ccc1OC(c1ccccc1)c1ccccc1. The smallest absolute Gasteiger partial charge is 0.263 e. The van der Waals surface area contributed by atoms with E-state index in [1.54, 1.807) is 0 Å². The van der Waals surface area contributed by atoms with E-state index >= 15 is 0 Å². The minimum Gasteiger partial charge on any atom is -0.480 e. The van der Waals surface area contributed by atoms with Crippen LogP contribution in [0.3, 0.4) is 0 Å². The van der Waals surface area contributed by atoms with E-state index in [4.69, 9.17) is 17.0 Å². The number of halogens is 1. The van der Waals surface area contributed by atoms with Gasteiger partial charge in [-0.05, 0) is 35.4 Å². The number of carbonyl (C=O) groups excluding carboxylic acids is 1. The number of carbonyl (C=O) groups is 1. The van der Waals surface area contributed by atoms with Crippen LogP contribution in [0.15, 0.2) is 88.2 Å². The molecule has 3 nitrogen and oxygen atoms in total. The number of hydrogen-bond donors (Lipinski definition) is 1. The zero-order valence-corrected chi connectivity index (χ0v) is 18.4. The van der Waals surface area contributed by atoms with Crippen LogP contribution in [-0.4, -0.2) is 10.2 Å². The number of ether oxygens (including phenoxy) is 1. The molecule has 29 heavy (non-hydrogen) atoms.